The number of benzene rings is 1. The minimum Gasteiger partial charge on any atom is -0.486 e. The van der Waals surface area contributed by atoms with E-state index >= 15 is 0 Å². The minimum atomic E-state index is -0.464. The molecule has 10 heteroatoms. The summed E-state index contributed by atoms with van der Waals surface area (Å²) in [5, 5.41) is 9.59. The molecule has 1 amide bonds. The summed E-state index contributed by atoms with van der Waals surface area (Å²) in [5.41, 5.74) is 15.3. The summed E-state index contributed by atoms with van der Waals surface area (Å²) in [4.78, 5) is 18.4. The zero-order valence-corrected chi connectivity index (χ0v) is 15.0. The predicted molar refractivity (Wildman–Crippen MR) is 101 cm³/mol. The van der Waals surface area contributed by atoms with Crippen LogP contribution < -0.4 is 26.9 Å². The van der Waals surface area contributed by atoms with Crippen molar-refractivity contribution in [2.24, 2.45) is 0 Å². The Bertz CT molecular complexity index is 901. The van der Waals surface area contributed by atoms with Crippen molar-refractivity contribution in [2.45, 2.75) is 25.6 Å². The van der Waals surface area contributed by atoms with Crippen LogP contribution in [0.25, 0.3) is 0 Å². The number of carbonyl (C=O) groups excluding carboxylic acids is 1. The fourth-order valence-electron chi connectivity index (χ4n) is 3.24. The molecule has 0 atom stereocenters. The summed E-state index contributed by atoms with van der Waals surface area (Å²) in [7, 11) is 0. The number of hydrazine groups is 2. The number of fused-ring (bicyclic) bond motifs is 1. The molecule has 4 rings (SSSR count). The van der Waals surface area contributed by atoms with Crippen LogP contribution in [0.1, 0.15) is 28.8 Å². The SMILES string of the molecule is Nc1cc(OCc2cc(C(=O)N3CCC(O)CC3)ccc2F)c2c(n1)NNN2. The molecule has 0 saturated carbocycles. The van der Waals surface area contributed by atoms with Crippen LogP contribution >= 0.6 is 0 Å². The zero-order valence-electron chi connectivity index (χ0n) is 15.0. The number of aromatic nitrogens is 1. The maximum Gasteiger partial charge on any atom is 0.253 e. The van der Waals surface area contributed by atoms with E-state index in [0.717, 1.165) is 0 Å². The number of anilines is 3. The van der Waals surface area contributed by atoms with Crippen molar-refractivity contribution in [3.8, 4) is 5.75 Å². The third-order valence-electron chi connectivity index (χ3n) is 4.80. The highest BCUT2D eigenvalue weighted by molar-refractivity contribution is 5.94. The Morgan fingerprint density at radius 3 is 2.89 bits per heavy atom. The van der Waals surface area contributed by atoms with E-state index in [1.165, 1.54) is 24.3 Å². The van der Waals surface area contributed by atoms with Crippen molar-refractivity contribution >= 4 is 23.2 Å². The maximum atomic E-state index is 14.3. The first-order valence-electron chi connectivity index (χ1n) is 8.97. The standard InChI is InChI=1S/C18H21FN6O3/c19-13-2-1-10(18(27)25-5-3-12(26)4-6-25)7-11(13)9-28-14-8-15(20)21-17-16(14)22-24-23-17/h1-2,7-8,12,22,24,26H,3-6,9H2,(H3,20,21,23). The number of ether oxygens (including phenoxy) is 1. The molecule has 1 aromatic carbocycles. The van der Waals surface area contributed by atoms with E-state index < -0.39 is 5.82 Å². The fraction of sp³-hybridized carbons (Fsp3) is 0.333. The van der Waals surface area contributed by atoms with E-state index in [9.17, 15) is 14.3 Å². The monoisotopic (exact) mass is 388 g/mol. The van der Waals surface area contributed by atoms with Gasteiger partial charge in [-0.1, -0.05) is 0 Å². The molecule has 2 aromatic rings. The third kappa shape index (κ3) is 3.64. The molecular formula is C18H21FN6O3. The molecule has 3 heterocycles. The molecule has 2 aliphatic rings. The van der Waals surface area contributed by atoms with Gasteiger partial charge in [0.15, 0.2) is 11.6 Å². The van der Waals surface area contributed by atoms with Gasteiger partial charge in [-0.2, -0.15) is 0 Å². The second-order valence-corrected chi connectivity index (χ2v) is 6.76. The molecule has 2 aliphatic heterocycles. The molecule has 148 valence electrons. The smallest absolute Gasteiger partial charge is 0.253 e. The van der Waals surface area contributed by atoms with Crippen molar-refractivity contribution in [3.05, 3.63) is 41.2 Å². The third-order valence-corrected chi connectivity index (χ3v) is 4.80. The lowest BCUT2D eigenvalue weighted by Gasteiger charge is -2.29. The average Bonchev–Trinajstić information content (AvgIpc) is 3.15. The number of hydrogen-bond acceptors (Lipinski definition) is 8. The molecule has 0 spiro atoms. The number of nitrogens with two attached hydrogens (primary N) is 1. The highest BCUT2D eigenvalue weighted by atomic mass is 19.1. The van der Waals surface area contributed by atoms with Gasteiger partial charge in [0.2, 0.25) is 0 Å². The number of likely N-dealkylation sites (tertiary alicyclic amines) is 1. The minimum absolute atomic E-state index is 0.0801. The number of halogens is 1. The van der Waals surface area contributed by atoms with Crippen LogP contribution in [-0.2, 0) is 6.61 Å². The Hall–Kier alpha value is -3.11. The van der Waals surface area contributed by atoms with E-state index in [1.807, 2.05) is 0 Å². The van der Waals surface area contributed by atoms with Gasteiger partial charge in [0.1, 0.15) is 23.9 Å². The Balaban J connectivity index is 1.50. The highest BCUT2D eigenvalue weighted by Gasteiger charge is 2.23. The van der Waals surface area contributed by atoms with Crippen molar-refractivity contribution in [1.82, 2.24) is 15.4 Å². The van der Waals surface area contributed by atoms with Crippen LogP contribution in [0.2, 0.25) is 0 Å². The predicted octanol–water partition coefficient (Wildman–Crippen LogP) is 1.24. The molecule has 9 nitrogen and oxygen atoms in total. The molecule has 1 saturated heterocycles. The summed E-state index contributed by atoms with van der Waals surface area (Å²) in [5.74, 6) is 0.488. The normalized spacial score (nSPS) is 16.3. The van der Waals surface area contributed by atoms with Crippen molar-refractivity contribution in [3.63, 3.8) is 0 Å². The van der Waals surface area contributed by atoms with Crippen molar-refractivity contribution in [1.29, 1.82) is 0 Å². The Morgan fingerprint density at radius 2 is 2.11 bits per heavy atom. The van der Waals surface area contributed by atoms with Crippen molar-refractivity contribution in [2.75, 3.05) is 29.7 Å². The number of aliphatic hydroxyl groups is 1. The van der Waals surface area contributed by atoms with E-state index in [2.05, 4.69) is 21.4 Å². The second-order valence-electron chi connectivity index (χ2n) is 6.76. The van der Waals surface area contributed by atoms with Gasteiger partial charge in [-0.05, 0) is 31.0 Å². The largest absolute Gasteiger partial charge is 0.486 e. The molecule has 6 N–H and O–H groups in total. The van der Waals surface area contributed by atoms with Gasteiger partial charge >= 0.3 is 0 Å². The number of hydrogen-bond donors (Lipinski definition) is 5. The number of piperidine rings is 1. The number of amides is 1. The number of aliphatic hydroxyl groups excluding tert-OH is 1. The van der Waals surface area contributed by atoms with Crippen molar-refractivity contribution < 1.29 is 19.0 Å². The Kier molecular flexibility index (Phi) is 4.88. The second kappa shape index (κ2) is 7.49. The Labute approximate surface area is 160 Å². The quantitative estimate of drug-likeness (QED) is 0.530. The van der Waals surface area contributed by atoms with Crippen LogP contribution in [0.3, 0.4) is 0 Å². The lowest BCUT2D eigenvalue weighted by Crippen LogP contribution is -2.40. The van der Waals surface area contributed by atoms with Crippen LogP contribution in [0.4, 0.5) is 21.7 Å². The van der Waals surface area contributed by atoms with E-state index in [4.69, 9.17) is 10.5 Å². The van der Waals surface area contributed by atoms with Crippen LogP contribution in [0.15, 0.2) is 24.3 Å². The van der Waals surface area contributed by atoms with Gasteiger partial charge in [0.05, 0.1) is 6.10 Å². The fourth-order valence-corrected chi connectivity index (χ4v) is 3.24. The summed E-state index contributed by atoms with van der Waals surface area (Å²) in [6, 6.07) is 5.75. The van der Waals surface area contributed by atoms with Gasteiger partial charge in [-0.3, -0.25) is 15.6 Å². The highest BCUT2D eigenvalue weighted by Crippen LogP contribution is 2.35. The first kappa shape index (κ1) is 18.3. The first-order valence-corrected chi connectivity index (χ1v) is 8.97. The van der Waals surface area contributed by atoms with Crippen LogP contribution in [0, 0.1) is 5.82 Å². The number of rotatable bonds is 4. The molecule has 0 bridgehead atoms. The number of carbonyl (C=O) groups is 1. The van der Waals surface area contributed by atoms with Gasteiger partial charge in [-0.15, -0.1) is 5.53 Å². The molecule has 0 radical (unpaired) electrons. The molecule has 0 aliphatic carbocycles. The van der Waals surface area contributed by atoms with Gasteiger partial charge in [-0.25, -0.2) is 9.37 Å². The van der Waals surface area contributed by atoms with Crippen LogP contribution in [0.5, 0.6) is 5.75 Å². The maximum absolute atomic E-state index is 14.3. The zero-order chi connectivity index (χ0) is 19.7. The summed E-state index contributed by atoms with van der Waals surface area (Å²) in [6.45, 7) is 0.887. The first-order chi connectivity index (χ1) is 13.5. The number of nitrogens with one attached hydrogen (secondary N) is 3. The Morgan fingerprint density at radius 1 is 1.32 bits per heavy atom. The molecule has 1 fully saturated rings. The van der Waals surface area contributed by atoms with Gasteiger partial charge in [0, 0.05) is 30.3 Å². The lowest BCUT2D eigenvalue weighted by molar-refractivity contribution is 0.0546. The van der Waals surface area contributed by atoms with Gasteiger partial charge < -0.3 is 20.5 Å². The molecule has 1 aromatic heterocycles. The lowest BCUT2D eigenvalue weighted by atomic mass is 10.1. The number of nitrogens with zero attached hydrogens (tertiary/aromatic N) is 2. The summed E-state index contributed by atoms with van der Waals surface area (Å²) in [6.07, 6.45) is 0.729. The topological polar surface area (TPSA) is 125 Å². The average molecular weight is 388 g/mol. The molecule has 28 heavy (non-hydrogen) atoms. The van der Waals surface area contributed by atoms with E-state index in [0.29, 0.717) is 48.7 Å². The summed E-state index contributed by atoms with van der Waals surface area (Å²) < 4.78 is 20.0. The molecule has 0 unspecified atom stereocenters. The van der Waals surface area contributed by atoms with E-state index in [1.54, 1.807) is 4.90 Å². The van der Waals surface area contributed by atoms with Crippen LogP contribution in [-0.4, -0.2) is 40.1 Å². The van der Waals surface area contributed by atoms with E-state index in [-0.39, 0.29) is 30.0 Å². The van der Waals surface area contributed by atoms with Gasteiger partial charge in [0.25, 0.3) is 5.91 Å². The number of pyridine rings is 1. The molecular weight excluding hydrogens is 367 g/mol. The summed E-state index contributed by atoms with van der Waals surface area (Å²) >= 11 is 0. The number of nitrogen functional groups attached to an aromatic ring is 1.